The van der Waals surface area contributed by atoms with E-state index in [2.05, 4.69) is 10.1 Å². The third-order valence-electron chi connectivity index (χ3n) is 2.61. The van der Waals surface area contributed by atoms with E-state index in [4.69, 9.17) is 13.7 Å². The molecule has 0 aliphatic carbocycles. The average Bonchev–Trinajstić information content (AvgIpc) is 3.10. The van der Waals surface area contributed by atoms with Crippen LogP contribution in [0.4, 0.5) is 0 Å². The van der Waals surface area contributed by atoms with E-state index < -0.39 is 5.97 Å². The third-order valence-corrected chi connectivity index (χ3v) is 2.61. The van der Waals surface area contributed by atoms with Crippen molar-refractivity contribution in [3.63, 3.8) is 0 Å². The van der Waals surface area contributed by atoms with E-state index in [0.29, 0.717) is 23.0 Å². The van der Waals surface area contributed by atoms with Crippen LogP contribution < -0.4 is 4.74 Å². The third kappa shape index (κ3) is 2.44. The zero-order chi connectivity index (χ0) is 13.9. The van der Waals surface area contributed by atoms with Gasteiger partial charge in [0.05, 0.1) is 11.8 Å². The Morgan fingerprint density at radius 2 is 2.00 bits per heavy atom. The summed E-state index contributed by atoms with van der Waals surface area (Å²) in [5.74, 6) is 0.952. The zero-order valence-corrected chi connectivity index (χ0v) is 10.6. The van der Waals surface area contributed by atoms with Gasteiger partial charge in [-0.2, -0.15) is 4.98 Å². The quantitative estimate of drug-likeness (QED) is 0.538. The maximum absolute atomic E-state index is 11.7. The van der Waals surface area contributed by atoms with Gasteiger partial charge in [-0.25, -0.2) is 4.79 Å². The molecule has 6 nitrogen and oxygen atoms in total. The normalized spacial score (nSPS) is 10.4. The van der Waals surface area contributed by atoms with Crippen LogP contribution in [0.25, 0.3) is 11.4 Å². The maximum atomic E-state index is 11.7. The first-order valence-corrected chi connectivity index (χ1v) is 5.87. The van der Waals surface area contributed by atoms with Crippen molar-refractivity contribution in [2.45, 2.75) is 6.92 Å². The van der Waals surface area contributed by atoms with E-state index in [1.54, 1.807) is 37.3 Å². The summed E-state index contributed by atoms with van der Waals surface area (Å²) in [7, 11) is 0. The highest BCUT2D eigenvalue weighted by Gasteiger charge is 2.10. The highest BCUT2D eigenvalue weighted by atomic mass is 16.5. The summed E-state index contributed by atoms with van der Waals surface area (Å²) in [6, 6.07) is 8.38. The minimum atomic E-state index is -0.470. The molecule has 100 valence electrons. The summed E-state index contributed by atoms with van der Waals surface area (Å²) in [5.41, 5.74) is 1.15. The fourth-order valence-electron chi connectivity index (χ4n) is 1.64. The number of furan rings is 1. The topological polar surface area (TPSA) is 78.4 Å². The molecule has 1 aromatic carbocycles. The number of nitrogens with zero attached hydrogens (tertiary/aromatic N) is 2. The first-order valence-electron chi connectivity index (χ1n) is 5.87. The largest absolute Gasteiger partial charge is 0.472 e. The summed E-state index contributed by atoms with van der Waals surface area (Å²) in [6.45, 7) is 1.72. The Balaban J connectivity index is 1.75. The smallest absolute Gasteiger partial charge is 0.346 e. The monoisotopic (exact) mass is 270 g/mol. The molecule has 3 aromatic rings. The van der Waals surface area contributed by atoms with Crippen molar-refractivity contribution in [3.8, 4) is 17.1 Å². The second-order valence-electron chi connectivity index (χ2n) is 4.06. The molecule has 0 spiro atoms. The number of carbonyl (C=O) groups excluding carboxylic acids is 1. The highest BCUT2D eigenvalue weighted by molar-refractivity contribution is 5.90. The van der Waals surface area contributed by atoms with Gasteiger partial charge in [0.2, 0.25) is 11.7 Å². The van der Waals surface area contributed by atoms with Gasteiger partial charge in [0.15, 0.2) is 0 Å². The Hall–Kier alpha value is -2.89. The number of ether oxygens (including phenoxy) is 1. The maximum Gasteiger partial charge on any atom is 0.346 e. The molecular weight excluding hydrogens is 260 g/mol. The van der Waals surface area contributed by atoms with E-state index >= 15 is 0 Å². The van der Waals surface area contributed by atoms with E-state index in [1.165, 1.54) is 12.5 Å². The first-order chi connectivity index (χ1) is 9.72. The molecule has 0 atom stereocenters. The van der Waals surface area contributed by atoms with Gasteiger partial charge in [-0.3, -0.25) is 0 Å². The van der Waals surface area contributed by atoms with Gasteiger partial charge < -0.3 is 13.7 Å². The lowest BCUT2D eigenvalue weighted by molar-refractivity contribution is 0.0734. The molecule has 0 N–H and O–H groups in total. The van der Waals surface area contributed by atoms with Crippen molar-refractivity contribution >= 4 is 5.97 Å². The van der Waals surface area contributed by atoms with Gasteiger partial charge in [-0.05, 0) is 30.3 Å². The van der Waals surface area contributed by atoms with Crippen molar-refractivity contribution in [2.75, 3.05) is 0 Å². The SMILES string of the molecule is Cc1nc(-c2ccc(OC(=O)c3ccoc3)cc2)no1. The van der Waals surface area contributed by atoms with E-state index in [9.17, 15) is 4.79 Å². The lowest BCUT2D eigenvalue weighted by atomic mass is 10.2. The molecule has 2 heterocycles. The van der Waals surface area contributed by atoms with Crippen molar-refractivity contribution in [1.82, 2.24) is 10.1 Å². The summed E-state index contributed by atoms with van der Waals surface area (Å²) >= 11 is 0. The van der Waals surface area contributed by atoms with Gasteiger partial charge in [-0.15, -0.1) is 0 Å². The molecule has 20 heavy (non-hydrogen) atoms. The number of aromatic nitrogens is 2. The molecule has 0 saturated carbocycles. The minimum Gasteiger partial charge on any atom is -0.472 e. The number of aryl methyl sites for hydroxylation is 1. The molecule has 0 amide bonds. The van der Waals surface area contributed by atoms with Crippen molar-refractivity contribution in [1.29, 1.82) is 0 Å². The molecule has 0 bridgehead atoms. The van der Waals surface area contributed by atoms with Crippen LogP contribution in [0.3, 0.4) is 0 Å². The van der Waals surface area contributed by atoms with E-state index in [1.807, 2.05) is 0 Å². The summed E-state index contributed by atoms with van der Waals surface area (Å²) < 4.78 is 14.9. The molecule has 0 aliphatic heterocycles. The van der Waals surface area contributed by atoms with Crippen LogP contribution in [-0.4, -0.2) is 16.1 Å². The van der Waals surface area contributed by atoms with Crippen molar-refractivity contribution < 1.29 is 18.5 Å². The Labute approximate surface area is 114 Å². The minimum absolute atomic E-state index is 0.364. The second kappa shape index (κ2) is 5.00. The van der Waals surface area contributed by atoms with Gasteiger partial charge in [0, 0.05) is 12.5 Å². The van der Waals surface area contributed by atoms with Crippen molar-refractivity contribution in [3.05, 3.63) is 54.3 Å². The number of esters is 1. The fraction of sp³-hybridized carbons (Fsp3) is 0.0714. The zero-order valence-electron chi connectivity index (χ0n) is 10.6. The predicted molar refractivity (Wildman–Crippen MR) is 68.1 cm³/mol. The highest BCUT2D eigenvalue weighted by Crippen LogP contribution is 2.20. The Morgan fingerprint density at radius 1 is 1.20 bits per heavy atom. The van der Waals surface area contributed by atoms with Crippen LogP contribution >= 0.6 is 0 Å². The fourth-order valence-corrected chi connectivity index (χ4v) is 1.64. The molecule has 0 aliphatic rings. The van der Waals surface area contributed by atoms with Gasteiger partial charge >= 0.3 is 5.97 Å². The number of carbonyl (C=O) groups is 1. The van der Waals surface area contributed by atoms with Crippen molar-refractivity contribution in [2.24, 2.45) is 0 Å². The van der Waals surface area contributed by atoms with E-state index in [0.717, 1.165) is 5.56 Å². The lowest BCUT2D eigenvalue weighted by Crippen LogP contribution is -2.06. The molecule has 3 rings (SSSR count). The summed E-state index contributed by atoms with van der Waals surface area (Å²) in [5, 5.41) is 3.81. The molecule has 0 radical (unpaired) electrons. The first kappa shape index (κ1) is 12.2. The summed E-state index contributed by atoms with van der Waals surface area (Å²) in [6.07, 6.45) is 2.75. The number of benzene rings is 1. The second-order valence-corrected chi connectivity index (χ2v) is 4.06. The van der Waals surface area contributed by atoms with Gasteiger partial charge in [-0.1, -0.05) is 5.16 Å². The number of hydrogen-bond donors (Lipinski definition) is 0. The predicted octanol–water partition coefficient (Wildman–Crippen LogP) is 2.86. The van der Waals surface area contributed by atoms with Gasteiger partial charge in [0.1, 0.15) is 12.0 Å². The summed E-state index contributed by atoms with van der Waals surface area (Å²) in [4.78, 5) is 15.8. The van der Waals surface area contributed by atoms with Crippen LogP contribution in [-0.2, 0) is 0 Å². The molecule has 6 heteroatoms. The van der Waals surface area contributed by atoms with Gasteiger partial charge in [0.25, 0.3) is 0 Å². The molecular formula is C14H10N2O4. The van der Waals surface area contributed by atoms with Crippen LogP contribution in [0.5, 0.6) is 5.75 Å². The Bertz CT molecular complexity index is 714. The molecule has 0 fully saturated rings. The van der Waals surface area contributed by atoms with Crippen LogP contribution in [0.1, 0.15) is 16.2 Å². The molecule has 0 unspecified atom stereocenters. The molecule has 0 saturated heterocycles. The Kier molecular flexibility index (Phi) is 3.04. The lowest BCUT2D eigenvalue weighted by Gasteiger charge is -2.02. The number of rotatable bonds is 3. The van der Waals surface area contributed by atoms with Crippen LogP contribution in [0.2, 0.25) is 0 Å². The molecule has 2 aromatic heterocycles. The number of hydrogen-bond acceptors (Lipinski definition) is 6. The van der Waals surface area contributed by atoms with E-state index in [-0.39, 0.29) is 0 Å². The van der Waals surface area contributed by atoms with Crippen LogP contribution in [0, 0.1) is 6.92 Å². The van der Waals surface area contributed by atoms with Crippen LogP contribution in [0.15, 0.2) is 51.8 Å². The standard InChI is InChI=1S/C14H10N2O4/c1-9-15-13(16-20-9)10-2-4-12(5-3-10)19-14(17)11-6-7-18-8-11/h2-8H,1H3. The Morgan fingerprint density at radius 3 is 2.60 bits per heavy atom. The average molecular weight is 270 g/mol.